The minimum atomic E-state index is -0.698. The fraction of sp³-hybridized carbons (Fsp3) is 0.0909. The van der Waals surface area contributed by atoms with Crippen LogP contribution in [0.1, 0.15) is 0 Å². The lowest BCUT2D eigenvalue weighted by Crippen LogP contribution is -2.00. The molecule has 7 heteroatoms. The van der Waals surface area contributed by atoms with E-state index in [-0.39, 0.29) is 22.4 Å². The molecule has 1 heterocycles. The number of aromatic nitrogens is 2. The molecule has 0 fully saturated rings. The van der Waals surface area contributed by atoms with Gasteiger partial charge in [-0.1, -0.05) is 11.6 Å². The number of halogens is 3. The number of benzene rings is 1. The molecular weight excluding hydrogens is 264 g/mol. The standard InChI is InChI=1S/C11H8ClF2N3O/c1-18-9-10(12)15-5-16-11(9)17-8-3-6(13)2-7(14)4-8/h2-5H,1H3,(H,15,16,17). The van der Waals surface area contributed by atoms with Gasteiger partial charge in [0.2, 0.25) is 0 Å². The van der Waals surface area contributed by atoms with Gasteiger partial charge in [0, 0.05) is 11.8 Å². The first-order chi connectivity index (χ1) is 8.60. The van der Waals surface area contributed by atoms with Crippen LogP contribution in [0.4, 0.5) is 20.3 Å². The normalized spacial score (nSPS) is 10.2. The van der Waals surface area contributed by atoms with E-state index in [2.05, 4.69) is 15.3 Å². The van der Waals surface area contributed by atoms with E-state index in [9.17, 15) is 8.78 Å². The van der Waals surface area contributed by atoms with Crippen molar-refractivity contribution < 1.29 is 13.5 Å². The van der Waals surface area contributed by atoms with Crippen molar-refractivity contribution in [2.75, 3.05) is 12.4 Å². The highest BCUT2D eigenvalue weighted by atomic mass is 35.5. The van der Waals surface area contributed by atoms with Crippen molar-refractivity contribution in [2.45, 2.75) is 0 Å². The maximum atomic E-state index is 13.0. The SMILES string of the molecule is COc1c(Cl)ncnc1Nc1cc(F)cc(F)c1. The Morgan fingerprint density at radius 1 is 1.17 bits per heavy atom. The number of methoxy groups -OCH3 is 1. The molecule has 0 aliphatic carbocycles. The first-order valence-corrected chi connectivity index (χ1v) is 5.25. The second kappa shape index (κ2) is 5.14. The van der Waals surface area contributed by atoms with E-state index in [0.29, 0.717) is 0 Å². The van der Waals surface area contributed by atoms with Crippen LogP contribution in [-0.4, -0.2) is 17.1 Å². The highest BCUT2D eigenvalue weighted by molar-refractivity contribution is 6.31. The molecule has 18 heavy (non-hydrogen) atoms. The first kappa shape index (κ1) is 12.5. The molecule has 0 aliphatic heterocycles. The molecule has 4 nitrogen and oxygen atoms in total. The molecule has 2 aromatic rings. The maximum absolute atomic E-state index is 13.0. The lowest BCUT2D eigenvalue weighted by molar-refractivity contribution is 0.413. The van der Waals surface area contributed by atoms with E-state index in [1.54, 1.807) is 0 Å². The molecular formula is C11H8ClF2N3O. The molecule has 0 saturated heterocycles. The summed E-state index contributed by atoms with van der Waals surface area (Å²) in [5.41, 5.74) is 0.195. The summed E-state index contributed by atoms with van der Waals surface area (Å²) < 4.78 is 31.0. The molecule has 94 valence electrons. The van der Waals surface area contributed by atoms with Crippen LogP contribution < -0.4 is 10.1 Å². The summed E-state index contributed by atoms with van der Waals surface area (Å²) in [5, 5.41) is 2.81. The fourth-order valence-electron chi connectivity index (χ4n) is 1.38. The van der Waals surface area contributed by atoms with Gasteiger partial charge in [-0.3, -0.25) is 0 Å². The third-order valence-electron chi connectivity index (χ3n) is 2.09. The quantitative estimate of drug-likeness (QED) is 0.871. The molecule has 1 aromatic heterocycles. The Morgan fingerprint density at radius 2 is 1.83 bits per heavy atom. The minimum absolute atomic E-state index is 0.104. The number of nitrogens with one attached hydrogen (secondary N) is 1. The summed E-state index contributed by atoms with van der Waals surface area (Å²) in [4.78, 5) is 7.62. The molecule has 0 spiro atoms. The largest absolute Gasteiger partial charge is 0.490 e. The summed E-state index contributed by atoms with van der Waals surface area (Å²) >= 11 is 5.79. The second-order valence-corrected chi connectivity index (χ2v) is 3.69. The monoisotopic (exact) mass is 271 g/mol. The van der Waals surface area contributed by atoms with Gasteiger partial charge in [0.05, 0.1) is 7.11 Å². The molecule has 2 rings (SSSR count). The van der Waals surface area contributed by atoms with Gasteiger partial charge in [-0.25, -0.2) is 18.7 Å². The van der Waals surface area contributed by atoms with E-state index in [4.69, 9.17) is 16.3 Å². The number of hydrogen-bond acceptors (Lipinski definition) is 4. The van der Waals surface area contributed by atoms with Crippen LogP contribution in [-0.2, 0) is 0 Å². The van der Waals surface area contributed by atoms with Crippen LogP contribution in [0.25, 0.3) is 0 Å². The molecule has 1 aromatic carbocycles. The first-order valence-electron chi connectivity index (χ1n) is 4.87. The second-order valence-electron chi connectivity index (χ2n) is 3.33. The Morgan fingerprint density at radius 3 is 2.44 bits per heavy atom. The van der Waals surface area contributed by atoms with Gasteiger partial charge in [0.1, 0.15) is 18.0 Å². The zero-order chi connectivity index (χ0) is 13.1. The summed E-state index contributed by atoms with van der Waals surface area (Å²) in [6, 6.07) is 3.02. The zero-order valence-corrected chi connectivity index (χ0v) is 10.0. The van der Waals surface area contributed by atoms with Crippen molar-refractivity contribution in [3.63, 3.8) is 0 Å². The highest BCUT2D eigenvalue weighted by Crippen LogP contribution is 2.30. The number of anilines is 2. The van der Waals surface area contributed by atoms with Gasteiger partial charge in [-0.2, -0.15) is 0 Å². The zero-order valence-electron chi connectivity index (χ0n) is 9.25. The Labute approximate surface area is 107 Å². The number of hydrogen-bond donors (Lipinski definition) is 1. The van der Waals surface area contributed by atoms with Crippen molar-refractivity contribution in [3.05, 3.63) is 41.3 Å². The fourth-order valence-corrected chi connectivity index (χ4v) is 1.60. The van der Waals surface area contributed by atoms with Gasteiger partial charge >= 0.3 is 0 Å². The molecule has 0 unspecified atom stereocenters. The van der Waals surface area contributed by atoms with Gasteiger partial charge in [0.25, 0.3) is 0 Å². The van der Waals surface area contributed by atoms with Crippen molar-refractivity contribution in [1.82, 2.24) is 9.97 Å². The van der Waals surface area contributed by atoms with Crippen molar-refractivity contribution >= 4 is 23.1 Å². The molecule has 0 amide bonds. The molecule has 0 aliphatic rings. The van der Waals surface area contributed by atoms with Crippen LogP contribution in [0.2, 0.25) is 5.15 Å². The van der Waals surface area contributed by atoms with Crippen LogP contribution in [0.3, 0.4) is 0 Å². The maximum Gasteiger partial charge on any atom is 0.199 e. The third-order valence-corrected chi connectivity index (χ3v) is 2.36. The molecule has 0 radical (unpaired) electrons. The predicted octanol–water partition coefficient (Wildman–Crippen LogP) is 3.16. The van der Waals surface area contributed by atoms with Crippen LogP contribution in [0.15, 0.2) is 24.5 Å². The van der Waals surface area contributed by atoms with Crippen molar-refractivity contribution in [2.24, 2.45) is 0 Å². The van der Waals surface area contributed by atoms with E-state index in [1.807, 2.05) is 0 Å². The number of ether oxygens (including phenoxy) is 1. The molecule has 0 bridgehead atoms. The topological polar surface area (TPSA) is 47.0 Å². The Hall–Kier alpha value is -1.95. The predicted molar refractivity (Wildman–Crippen MR) is 63.2 cm³/mol. The van der Waals surface area contributed by atoms with Gasteiger partial charge in [-0.05, 0) is 12.1 Å². The van der Waals surface area contributed by atoms with E-state index in [1.165, 1.54) is 13.4 Å². The Kier molecular flexibility index (Phi) is 3.57. The van der Waals surface area contributed by atoms with E-state index < -0.39 is 11.6 Å². The van der Waals surface area contributed by atoms with Gasteiger partial charge in [0.15, 0.2) is 16.7 Å². The Bertz CT molecular complexity index is 560. The van der Waals surface area contributed by atoms with E-state index in [0.717, 1.165) is 18.2 Å². The molecule has 0 saturated carbocycles. The third kappa shape index (κ3) is 2.65. The van der Waals surface area contributed by atoms with Crippen molar-refractivity contribution in [3.8, 4) is 5.75 Å². The smallest absolute Gasteiger partial charge is 0.199 e. The Balaban J connectivity index is 2.36. The average molecular weight is 272 g/mol. The summed E-state index contributed by atoms with van der Waals surface area (Å²) in [5.74, 6) is -0.973. The highest BCUT2D eigenvalue weighted by Gasteiger charge is 2.11. The van der Waals surface area contributed by atoms with Gasteiger partial charge < -0.3 is 10.1 Å². The molecule has 0 atom stereocenters. The minimum Gasteiger partial charge on any atom is -0.490 e. The summed E-state index contributed by atoms with van der Waals surface area (Å²) in [6.07, 6.45) is 1.21. The summed E-state index contributed by atoms with van der Waals surface area (Å²) in [7, 11) is 1.39. The van der Waals surface area contributed by atoms with Crippen LogP contribution in [0.5, 0.6) is 5.75 Å². The number of rotatable bonds is 3. The summed E-state index contributed by atoms with van der Waals surface area (Å²) in [6.45, 7) is 0. The van der Waals surface area contributed by atoms with E-state index >= 15 is 0 Å². The van der Waals surface area contributed by atoms with Crippen LogP contribution >= 0.6 is 11.6 Å². The number of nitrogens with zero attached hydrogens (tertiary/aromatic N) is 2. The van der Waals surface area contributed by atoms with Gasteiger partial charge in [-0.15, -0.1) is 0 Å². The van der Waals surface area contributed by atoms with Crippen LogP contribution in [0, 0.1) is 11.6 Å². The lowest BCUT2D eigenvalue weighted by atomic mass is 10.3. The average Bonchev–Trinajstić information content (AvgIpc) is 2.27. The lowest BCUT2D eigenvalue weighted by Gasteiger charge is -2.10. The molecule has 1 N–H and O–H groups in total. The van der Waals surface area contributed by atoms with Crippen molar-refractivity contribution in [1.29, 1.82) is 0 Å².